The van der Waals surface area contributed by atoms with Gasteiger partial charge >= 0.3 is 0 Å². The van der Waals surface area contributed by atoms with Crippen LogP contribution in [0.15, 0.2) is 33.7 Å². The molecule has 2 aromatic rings. The van der Waals surface area contributed by atoms with Crippen LogP contribution < -0.4 is 14.8 Å². The second kappa shape index (κ2) is 8.62. The number of fused-ring (bicyclic) bond motifs is 1. The molecule has 2 aliphatic heterocycles. The normalized spacial score (nSPS) is 18.0. The van der Waals surface area contributed by atoms with Crippen LogP contribution in [-0.2, 0) is 14.8 Å². The van der Waals surface area contributed by atoms with Crippen molar-refractivity contribution in [1.29, 1.82) is 0 Å². The van der Waals surface area contributed by atoms with Gasteiger partial charge in [-0.2, -0.15) is 4.31 Å². The third kappa shape index (κ3) is 4.58. The number of hydrogen-bond donors (Lipinski definition) is 1. The number of benzene rings is 1. The molecule has 0 aliphatic carbocycles. The number of nitrogens with one attached hydrogen (secondary N) is 1. The summed E-state index contributed by atoms with van der Waals surface area (Å²) in [5.74, 6) is 1.08. The van der Waals surface area contributed by atoms with Gasteiger partial charge in [0.25, 0.3) is 0 Å². The summed E-state index contributed by atoms with van der Waals surface area (Å²) in [7, 11) is -3.66. The third-order valence-corrected chi connectivity index (χ3v) is 6.84. The Morgan fingerprint density at radius 1 is 1.10 bits per heavy atom. The molecular weight excluding hydrogens is 412 g/mol. The predicted molar refractivity (Wildman–Crippen MR) is 107 cm³/mol. The van der Waals surface area contributed by atoms with Crippen molar-refractivity contribution in [3.63, 3.8) is 0 Å². The van der Waals surface area contributed by atoms with Crippen LogP contribution in [0.5, 0.6) is 11.5 Å². The average molecular weight is 436 g/mol. The summed E-state index contributed by atoms with van der Waals surface area (Å²) in [6, 6.07) is 6.34. The molecule has 0 spiro atoms. The molecule has 1 aromatic heterocycles. The lowest BCUT2D eigenvalue weighted by Gasteiger charge is -2.33. The number of carbonyl (C=O) groups excluding carboxylic acids is 1. The minimum atomic E-state index is -3.66. The molecule has 3 heterocycles. The SMILES string of the molecule is Cc1cc(NC(=O)CN2CCN(S(=O)(=O)c3ccc4c(c3)OCCCO4)CC2)on1. The van der Waals surface area contributed by atoms with Crippen LogP contribution in [-0.4, -0.2) is 74.6 Å². The molecular formula is C19H24N4O6S. The molecule has 0 radical (unpaired) electrons. The minimum Gasteiger partial charge on any atom is -0.490 e. The molecule has 0 bridgehead atoms. The van der Waals surface area contributed by atoms with Gasteiger partial charge in [0.1, 0.15) is 0 Å². The first-order valence-electron chi connectivity index (χ1n) is 9.77. The van der Waals surface area contributed by atoms with Crippen LogP contribution in [0.3, 0.4) is 0 Å². The molecule has 0 saturated carbocycles. The fraction of sp³-hybridized carbons (Fsp3) is 0.474. The second-order valence-corrected chi connectivity index (χ2v) is 9.16. The molecule has 0 atom stereocenters. The molecule has 0 unspecified atom stereocenters. The number of hydrogen-bond acceptors (Lipinski definition) is 8. The van der Waals surface area contributed by atoms with Crippen molar-refractivity contribution in [3.05, 3.63) is 30.0 Å². The summed E-state index contributed by atoms with van der Waals surface area (Å²) in [5.41, 5.74) is 0.680. The van der Waals surface area contributed by atoms with Gasteiger partial charge in [0.15, 0.2) is 11.5 Å². The molecule has 10 nitrogen and oxygen atoms in total. The van der Waals surface area contributed by atoms with E-state index in [9.17, 15) is 13.2 Å². The highest BCUT2D eigenvalue weighted by Crippen LogP contribution is 2.33. The monoisotopic (exact) mass is 436 g/mol. The van der Waals surface area contributed by atoms with Crippen molar-refractivity contribution in [2.24, 2.45) is 0 Å². The van der Waals surface area contributed by atoms with Gasteiger partial charge in [0.05, 0.1) is 30.3 Å². The number of aromatic nitrogens is 1. The van der Waals surface area contributed by atoms with E-state index in [1.54, 1.807) is 25.1 Å². The highest BCUT2D eigenvalue weighted by Gasteiger charge is 2.30. The lowest BCUT2D eigenvalue weighted by Crippen LogP contribution is -2.50. The quantitative estimate of drug-likeness (QED) is 0.741. The minimum absolute atomic E-state index is 0.150. The smallest absolute Gasteiger partial charge is 0.243 e. The van der Waals surface area contributed by atoms with Gasteiger partial charge in [-0.25, -0.2) is 8.42 Å². The molecule has 1 aromatic carbocycles. The van der Waals surface area contributed by atoms with E-state index in [4.69, 9.17) is 14.0 Å². The Bertz CT molecular complexity index is 1010. The largest absolute Gasteiger partial charge is 0.490 e. The lowest BCUT2D eigenvalue weighted by molar-refractivity contribution is -0.117. The van der Waals surface area contributed by atoms with Crippen LogP contribution in [0, 0.1) is 6.92 Å². The number of aryl methyl sites for hydroxylation is 1. The number of piperazine rings is 1. The maximum Gasteiger partial charge on any atom is 0.243 e. The Kier molecular flexibility index (Phi) is 5.93. The molecule has 11 heteroatoms. The summed E-state index contributed by atoms with van der Waals surface area (Å²) in [6.07, 6.45) is 0.752. The van der Waals surface area contributed by atoms with Gasteiger partial charge < -0.3 is 14.0 Å². The van der Waals surface area contributed by atoms with E-state index in [2.05, 4.69) is 10.5 Å². The summed E-state index contributed by atoms with van der Waals surface area (Å²) in [6.45, 7) is 4.45. The summed E-state index contributed by atoms with van der Waals surface area (Å²) in [4.78, 5) is 14.2. The number of nitrogens with zero attached hydrogens (tertiary/aromatic N) is 3. The van der Waals surface area contributed by atoms with Gasteiger partial charge in [-0.15, -0.1) is 0 Å². The number of rotatable bonds is 5. The summed E-state index contributed by atoms with van der Waals surface area (Å²) >= 11 is 0. The van der Waals surface area contributed by atoms with Crippen LogP contribution in [0.25, 0.3) is 0 Å². The molecule has 1 fully saturated rings. The Hall–Kier alpha value is -2.63. The zero-order chi connectivity index (χ0) is 21.1. The first-order valence-corrected chi connectivity index (χ1v) is 11.2. The van der Waals surface area contributed by atoms with E-state index in [-0.39, 0.29) is 17.3 Å². The van der Waals surface area contributed by atoms with Gasteiger partial charge in [0, 0.05) is 44.7 Å². The van der Waals surface area contributed by atoms with Gasteiger partial charge in [-0.05, 0) is 19.1 Å². The van der Waals surface area contributed by atoms with E-state index in [0.29, 0.717) is 62.5 Å². The van der Waals surface area contributed by atoms with E-state index in [0.717, 1.165) is 6.42 Å². The number of anilines is 1. The molecule has 162 valence electrons. The van der Waals surface area contributed by atoms with Crippen molar-refractivity contribution in [2.45, 2.75) is 18.2 Å². The molecule has 30 heavy (non-hydrogen) atoms. The Morgan fingerprint density at radius 2 is 1.83 bits per heavy atom. The maximum absolute atomic E-state index is 13.0. The highest BCUT2D eigenvalue weighted by atomic mass is 32.2. The average Bonchev–Trinajstić information content (AvgIpc) is 2.99. The van der Waals surface area contributed by atoms with Crippen molar-refractivity contribution in [2.75, 3.05) is 51.3 Å². The number of sulfonamides is 1. The van der Waals surface area contributed by atoms with Crippen LogP contribution in [0.1, 0.15) is 12.1 Å². The van der Waals surface area contributed by atoms with E-state index < -0.39 is 10.0 Å². The zero-order valence-corrected chi connectivity index (χ0v) is 17.5. The predicted octanol–water partition coefficient (Wildman–Crippen LogP) is 1.09. The van der Waals surface area contributed by atoms with Crippen molar-refractivity contribution in [3.8, 4) is 11.5 Å². The lowest BCUT2D eigenvalue weighted by atomic mass is 10.3. The van der Waals surface area contributed by atoms with E-state index >= 15 is 0 Å². The molecule has 1 amide bonds. The molecule has 1 saturated heterocycles. The van der Waals surface area contributed by atoms with E-state index in [1.807, 2.05) is 4.90 Å². The number of amides is 1. The fourth-order valence-corrected chi connectivity index (χ4v) is 4.82. The number of carbonyl (C=O) groups is 1. The van der Waals surface area contributed by atoms with Crippen LogP contribution >= 0.6 is 0 Å². The maximum atomic E-state index is 13.0. The molecule has 1 N–H and O–H groups in total. The Labute approximate surface area is 174 Å². The van der Waals surface area contributed by atoms with Gasteiger partial charge in [-0.3, -0.25) is 15.0 Å². The van der Waals surface area contributed by atoms with Crippen molar-refractivity contribution in [1.82, 2.24) is 14.4 Å². The summed E-state index contributed by atoms with van der Waals surface area (Å²) < 4.78 is 43.7. The Morgan fingerprint density at radius 3 is 2.53 bits per heavy atom. The highest BCUT2D eigenvalue weighted by molar-refractivity contribution is 7.89. The summed E-state index contributed by atoms with van der Waals surface area (Å²) in [5, 5.41) is 6.36. The first kappa shape index (κ1) is 20.6. The fourth-order valence-electron chi connectivity index (χ4n) is 3.38. The van der Waals surface area contributed by atoms with Crippen LogP contribution in [0.4, 0.5) is 5.88 Å². The molecule has 2 aliphatic rings. The van der Waals surface area contributed by atoms with Crippen LogP contribution in [0.2, 0.25) is 0 Å². The van der Waals surface area contributed by atoms with E-state index in [1.165, 1.54) is 10.4 Å². The third-order valence-electron chi connectivity index (χ3n) is 4.95. The number of ether oxygens (including phenoxy) is 2. The zero-order valence-electron chi connectivity index (χ0n) is 16.7. The van der Waals surface area contributed by atoms with Crippen molar-refractivity contribution < 1.29 is 27.2 Å². The Balaban J connectivity index is 1.35. The second-order valence-electron chi connectivity index (χ2n) is 7.22. The van der Waals surface area contributed by atoms with Crippen molar-refractivity contribution >= 4 is 21.8 Å². The van der Waals surface area contributed by atoms with Gasteiger partial charge in [0.2, 0.25) is 21.8 Å². The molecule has 4 rings (SSSR count). The first-order chi connectivity index (χ1) is 14.4. The van der Waals surface area contributed by atoms with Gasteiger partial charge in [-0.1, -0.05) is 5.16 Å². The standard InChI is InChI=1S/C19H24N4O6S/c1-14-11-19(29-21-14)20-18(24)13-22-5-7-23(8-6-22)30(25,26)15-3-4-16-17(12-15)28-10-2-9-27-16/h3-4,11-12H,2,5-10,13H2,1H3,(H,20,24). The topological polar surface area (TPSA) is 114 Å².